The number of aryl methyl sites for hydroxylation is 1. The molecule has 408 valence electrons. The molecule has 74 heavy (non-hydrogen) atoms. The van der Waals surface area contributed by atoms with E-state index in [2.05, 4.69) is 26.3 Å². The number of unbranched alkanes of at least 4 members (excludes halogenated alkanes) is 2. The number of hydrogen-bond acceptors (Lipinski definition) is 15. The van der Waals surface area contributed by atoms with Crippen LogP contribution in [0.1, 0.15) is 85.5 Å². The van der Waals surface area contributed by atoms with Crippen LogP contribution in [0.5, 0.6) is 0 Å². The van der Waals surface area contributed by atoms with Crippen LogP contribution in [-0.2, 0) is 51.4 Å². The van der Waals surface area contributed by atoms with Crippen LogP contribution in [0.25, 0.3) is 0 Å². The third-order valence-electron chi connectivity index (χ3n) is 12.1. The van der Waals surface area contributed by atoms with Crippen molar-refractivity contribution in [1.82, 2.24) is 50.8 Å². The highest BCUT2D eigenvalue weighted by atomic mass is 16.4. The van der Waals surface area contributed by atoms with E-state index < -0.39 is 53.7 Å². The Morgan fingerprint density at radius 2 is 1.12 bits per heavy atom. The van der Waals surface area contributed by atoms with Crippen LogP contribution in [0.15, 0.2) is 42.6 Å². The average molecular weight is 1040 g/mol. The molecule has 0 saturated carbocycles. The lowest BCUT2D eigenvalue weighted by molar-refractivity contribution is -0.140. The number of rotatable bonds is 30. The van der Waals surface area contributed by atoms with Gasteiger partial charge in [0.05, 0.1) is 32.2 Å². The van der Waals surface area contributed by atoms with Gasteiger partial charge in [-0.05, 0) is 81.7 Å². The van der Waals surface area contributed by atoms with Crippen molar-refractivity contribution >= 4 is 59.4 Å². The smallest absolute Gasteiger partial charge is 0.326 e. The Labute approximate surface area is 429 Å². The molecule has 1 aromatic heterocycles. The van der Waals surface area contributed by atoms with Crippen molar-refractivity contribution in [1.29, 1.82) is 0 Å². The van der Waals surface area contributed by atoms with Crippen LogP contribution < -0.4 is 21.3 Å². The van der Waals surface area contributed by atoms with Crippen molar-refractivity contribution in [2.24, 2.45) is 0 Å². The number of nitrogens with one attached hydrogen (secondary N) is 4. The number of pyridine rings is 1. The van der Waals surface area contributed by atoms with Crippen molar-refractivity contribution in [3.8, 4) is 0 Å². The Kier molecular flexibility index (Phi) is 27.2. The zero-order valence-electron chi connectivity index (χ0n) is 42.2. The maximum atomic E-state index is 13.5. The predicted molar refractivity (Wildman–Crippen MR) is 266 cm³/mol. The van der Waals surface area contributed by atoms with Gasteiger partial charge in [-0.2, -0.15) is 0 Å². The molecule has 0 unspecified atom stereocenters. The average Bonchev–Trinajstić information content (AvgIpc) is 3.33. The molecule has 2 aromatic rings. The van der Waals surface area contributed by atoms with Gasteiger partial charge in [-0.3, -0.25) is 62.9 Å². The molecular weight excluding hydrogens is 969 g/mol. The molecule has 0 radical (unpaired) electrons. The largest absolute Gasteiger partial charge is 0.481 e. The highest BCUT2D eigenvalue weighted by Crippen LogP contribution is 2.13. The number of carboxylic acid groups (broad SMARTS) is 5. The van der Waals surface area contributed by atoms with E-state index in [-0.39, 0.29) is 135 Å². The predicted octanol–water partition coefficient (Wildman–Crippen LogP) is 0.156. The molecule has 0 bridgehead atoms. The topological polar surface area (TPSA) is 349 Å². The molecule has 0 aliphatic carbocycles. The number of ketones is 1. The summed E-state index contributed by atoms with van der Waals surface area (Å²) in [6.45, 7) is 5.27. The number of nitrogens with zero attached hydrogens (tertiary/aromatic N) is 6. The van der Waals surface area contributed by atoms with Gasteiger partial charge in [-0.15, -0.1) is 0 Å². The number of carbonyl (C=O) groups is 10. The van der Waals surface area contributed by atoms with E-state index in [0.29, 0.717) is 44.3 Å². The summed E-state index contributed by atoms with van der Waals surface area (Å²) in [5, 5.41) is 57.4. The number of urea groups is 1. The minimum Gasteiger partial charge on any atom is -0.481 e. The fraction of sp³-hybridized carbons (Fsp3) is 0.571. The van der Waals surface area contributed by atoms with Crippen LogP contribution in [0.3, 0.4) is 0 Å². The first-order chi connectivity index (χ1) is 35.2. The number of carbonyl (C=O) groups excluding carboxylic acids is 5. The maximum Gasteiger partial charge on any atom is 0.326 e. The van der Waals surface area contributed by atoms with E-state index in [4.69, 9.17) is 5.11 Å². The van der Waals surface area contributed by atoms with Crippen LogP contribution in [0.4, 0.5) is 4.79 Å². The van der Waals surface area contributed by atoms with E-state index >= 15 is 0 Å². The molecule has 25 nitrogen and oxygen atoms in total. The van der Waals surface area contributed by atoms with Gasteiger partial charge in [0, 0.05) is 109 Å². The Morgan fingerprint density at radius 3 is 1.61 bits per heavy atom. The standard InChI is InChI=1S/C49H72N10O15/c1-34-9-10-37(28-51-34)29-59(18-6-4-7-40(48(72)73)54-49(74)53-39(35(2)60)15-16-43(63)64)42(62)8-3-5-17-50-47(71)38-13-11-36(12-14-38)27-52-41(61)30-55-19-21-56(31-44(65)66)23-25-58(33-46(69)70)26-24-57(22-20-55)32-45(67)68/h9-14,28,39-40H,3-8,15-27,29-33H2,1-2H3,(H,50,71)(H,52,61)(H,63,64)(H,65,66)(H,67,68)(H,69,70)(H,72,73)(H2,53,54,74)/t39-,40-/m1/s1. The van der Waals surface area contributed by atoms with Gasteiger partial charge in [-0.1, -0.05) is 18.2 Å². The number of benzene rings is 1. The Balaban J connectivity index is 1.48. The molecule has 2 atom stereocenters. The number of aliphatic carboxylic acids is 5. The monoisotopic (exact) mass is 1040 g/mol. The van der Waals surface area contributed by atoms with Gasteiger partial charge < -0.3 is 51.7 Å². The number of Topliss-reactive ketones (excluding diaryl/α,β-unsaturated/α-hetero) is 1. The first-order valence-corrected chi connectivity index (χ1v) is 24.6. The zero-order chi connectivity index (χ0) is 54.6. The number of aromatic nitrogens is 1. The molecule has 1 aromatic carbocycles. The molecule has 3 rings (SSSR count). The maximum absolute atomic E-state index is 13.5. The molecular formula is C49H72N10O15. The second kappa shape index (κ2) is 32.9. The summed E-state index contributed by atoms with van der Waals surface area (Å²) in [6, 6.07) is 7.03. The Morgan fingerprint density at radius 1 is 0.595 bits per heavy atom. The molecule has 1 aliphatic rings. The summed E-state index contributed by atoms with van der Waals surface area (Å²) in [7, 11) is 0. The lowest BCUT2D eigenvalue weighted by atomic mass is 10.1. The quantitative estimate of drug-likeness (QED) is 0.0471. The van der Waals surface area contributed by atoms with E-state index in [0.717, 1.165) is 16.8 Å². The lowest BCUT2D eigenvalue weighted by Gasteiger charge is -2.32. The van der Waals surface area contributed by atoms with E-state index in [1.54, 1.807) is 50.1 Å². The molecule has 5 amide bonds. The van der Waals surface area contributed by atoms with E-state index in [1.165, 1.54) is 6.92 Å². The Bertz CT molecular complexity index is 2170. The summed E-state index contributed by atoms with van der Waals surface area (Å²) in [6.07, 6.45) is 3.03. The van der Waals surface area contributed by atoms with Crippen LogP contribution in [0.2, 0.25) is 0 Å². The van der Waals surface area contributed by atoms with Crippen molar-refractivity contribution in [3.05, 3.63) is 65.0 Å². The SMILES string of the molecule is CC(=O)[C@@H](CCC(=O)O)NC(=O)N[C@H](CCCCN(Cc1ccc(C)nc1)C(=O)CCCCNC(=O)c1ccc(CNC(=O)CN2CCN(CC(=O)O)CCN(CC(=O)O)CCN(CC(=O)O)CC2)cc1)C(=O)O. The number of carboxylic acids is 5. The van der Waals surface area contributed by atoms with Gasteiger partial charge in [0.15, 0.2) is 5.78 Å². The van der Waals surface area contributed by atoms with Crippen LogP contribution in [-0.4, -0.2) is 218 Å². The molecule has 0 spiro atoms. The highest BCUT2D eigenvalue weighted by molar-refractivity contribution is 5.94. The van der Waals surface area contributed by atoms with E-state index in [1.807, 2.05) is 24.0 Å². The van der Waals surface area contributed by atoms with Crippen molar-refractivity contribution in [2.45, 2.75) is 90.4 Å². The van der Waals surface area contributed by atoms with Gasteiger partial charge in [0.25, 0.3) is 5.91 Å². The van der Waals surface area contributed by atoms with E-state index in [9.17, 15) is 68.4 Å². The minimum atomic E-state index is -1.30. The molecule has 1 saturated heterocycles. The van der Waals surface area contributed by atoms with Crippen molar-refractivity contribution in [2.75, 3.05) is 91.6 Å². The fourth-order valence-electron chi connectivity index (χ4n) is 7.90. The Hall–Kier alpha value is -7.09. The second-order valence-corrected chi connectivity index (χ2v) is 18.2. The van der Waals surface area contributed by atoms with Crippen molar-refractivity contribution < 1.29 is 73.5 Å². The summed E-state index contributed by atoms with van der Waals surface area (Å²) in [4.78, 5) is 134. The molecule has 1 aliphatic heterocycles. The first-order valence-electron chi connectivity index (χ1n) is 24.6. The number of hydrogen-bond donors (Lipinski definition) is 9. The highest BCUT2D eigenvalue weighted by Gasteiger charge is 2.25. The van der Waals surface area contributed by atoms with Crippen molar-refractivity contribution in [3.63, 3.8) is 0 Å². The third-order valence-corrected chi connectivity index (χ3v) is 12.1. The number of amides is 5. The zero-order valence-corrected chi connectivity index (χ0v) is 42.2. The van der Waals surface area contributed by atoms with Crippen LogP contribution in [0, 0.1) is 6.92 Å². The van der Waals surface area contributed by atoms with Gasteiger partial charge in [-0.25, -0.2) is 9.59 Å². The van der Waals surface area contributed by atoms with Gasteiger partial charge >= 0.3 is 35.9 Å². The first kappa shape index (κ1) is 61.2. The normalized spacial score (nSPS) is 15.0. The molecule has 9 N–H and O–H groups in total. The lowest BCUT2D eigenvalue weighted by Crippen LogP contribution is -2.50. The summed E-state index contributed by atoms with van der Waals surface area (Å²) < 4.78 is 0. The second-order valence-electron chi connectivity index (χ2n) is 18.2. The summed E-state index contributed by atoms with van der Waals surface area (Å²) in [5.41, 5.74) is 2.70. The third kappa shape index (κ3) is 25.5. The van der Waals surface area contributed by atoms with Gasteiger partial charge in [0.2, 0.25) is 11.8 Å². The summed E-state index contributed by atoms with van der Waals surface area (Å²) in [5.74, 6) is -6.88. The molecule has 1 fully saturated rings. The van der Waals surface area contributed by atoms with Crippen LogP contribution >= 0.6 is 0 Å². The van der Waals surface area contributed by atoms with Gasteiger partial charge in [0.1, 0.15) is 6.04 Å². The molecule has 2 heterocycles. The minimum absolute atomic E-state index is 0.0224. The summed E-state index contributed by atoms with van der Waals surface area (Å²) >= 11 is 0. The molecule has 25 heteroatoms. The fourth-order valence-corrected chi connectivity index (χ4v) is 7.90.